The van der Waals surface area contributed by atoms with Gasteiger partial charge < -0.3 is 5.32 Å². The van der Waals surface area contributed by atoms with Crippen molar-refractivity contribution in [3.63, 3.8) is 0 Å². The first kappa shape index (κ1) is 15.3. The lowest BCUT2D eigenvalue weighted by Gasteiger charge is -2.18. The summed E-state index contributed by atoms with van der Waals surface area (Å²) in [6, 6.07) is 10.00. The van der Waals surface area contributed by atoms with Crippen LogP contribution in [0.3, 0.4) is 0 Å². The normalized spacial score (nSPS) is 12.3. The molecule has 0 radical (unpaired) electrons. The highest BCUT2D eigenvalue weighted by Crippen LogP contribution is 2.37. The van der Waals surface area contributed by atoms with Crippen molar-refractivity contribution in [1.82, 2.24) is 4.98 Å². The van der Waals surface area contributed by atoms with Crippen LogP contribution in [-0.4, -0.2) is 4.98 Å². The molecule has 21 heavy (non-hydrogen) atoms. The number of hydrogen-bond acceptors (Lipinski definition) is 4. The van der Waals surface area contributed by atoms with E-state index in [-0.39, 0.29) is 6.04 Å². The topological polar surface area (TPSA) is 24.9 Å². The van der Waals surface area contributed by atoms with E-state index in [1.165, 1.54) is 4.88 Å². The second-order valence-corrected chi connectivity index (χ2v) is 8.23. The van der Waals surface area contributed by atoms with E-state index in [9.17, 15) is 0 Å². The molecule has 0 aliphatic rings. The van der Waals surface area contributed by atoms with Crippen molar-refractivity contribution in [1.29, 1.82) is 0 Å². The fraction of sp³-hybridized carbons (Fsp3) is 0.0714. The van der Waals surface area contributed by atoms with Crippen LogP contribution < -0.4 is 5.32 Å². The smallest absolute Gasteiger partial charge is 0.152 e. The van der Waals surface area contributed by atoms with Gasteiger partial charge in [-0.25, -0.2) is 4.98 Å². The molecule has 2 nitrogen and oxygen atoms in total. The molecular weight excluding hydrogens is 411 g/mol. The lowest BCUT2D eigenvalue weighted by atomic mass is 10.2. The minimum Gasteiger partial charge on any atom is -0.370 e. The molecule has 0 aliphatic heterocycles. The van der Waals surface area contributed by atoms with Crippen molar-refractivity contribution in [3.05, 3.63) is 65.6 Å². The zero-order valence-electron chi connectivity index (χ0n) is 10.5. The molecule has 108 valence electrons. The zero-order chi connectivity index (χ0) is 14.8. The quantitative estimate of drug-likeness (QED) is 0.489. The summed E-state index contributed by atoms with van der Waals surface area (Å²) >= 11 is 18.9. The summed E-state index contributed by atoms with van der Waals surface area (Å²) in [6.07, 6.45) is 1.68. The zero-order valence-corrected chi connectivity index (χ0v) is 15.2. The number of rotatable bonds is 4. The molecule has 0 bridgehead atoms. The number of thiophene rings is 2. The van der Waals surface area contributed by atoms with Crippen LogP contribution in [0, 0.1) is 0 Å². The van der Waals surface area contributed by atoms with E-state index in [1.807, 2.05) is 24.3 Å². The van der Waals surface area contributed by atoms with Gasteiger partial charge in [-0.3, -0.25) is 0 Å². The van der Waals surface area contributed by atoms with Gasteiger partial charge in [0.1, 0.15) is 0 Å². The van der Waals surface area contributed by atoms with E-state index < -0.39 is 0 Å². The summed E-state index contributed by atoms with van der Waals surface area (Å²) in [4.78, 5) is 6.48. The number of halogens is 3. The van der Waals surface area contributed by atoms with Gasteiger partial charge in [0.25, 0.3) is 0 Å². The molecule has 0 spiro atoms. The maximum absolute atomic E-state index is 6.18. The van der Waals surface area contributed by atoms with Crippen LogP contribution in [0.2, 0.25) is 9.49 Å². The minimum atomic E-state index is 0.0103. The molecule has 7 heteroatoms. The Morgan fingerprint density at radius 2 is 2.05 bits per heavy atom. The highest BCUT2D eigenvalue weighted by Gasteiger charge is 2.18. The Kier molecular flexibility index (Phi) is 4.86. The largest absolute Gasteiger partial charge is 0.370 e. The summed E-state index contributed by atoms with van der Waals surface area (Å²) in [5.41, 5.74) is 0.786. The van der Waals surface area contributed by atoms with Crippen molar-refractivity contribution in [2.24, 2.45) is 0 Å². The maximum atomic E-state index is 6.18. The molecule has 0 amide bonds. The van der Waals surface area contributed by atoms with E-state index in [2.05, 4.69) is 37.7 Å². The SMILES string of the molecule is Clc1ccc(C(Nc2cc(Br)cnc2Cl)c2cccs2)s1. The van der Waals surface area contributed by atoms with Crippen LogP contribution >= 0.6 is 61.8 Å². The third-order valence-corrected chi connectivity index (χ3v) is 5.78. The van der Waals surface area contributed by atoms with Crippen molar-refractivity contribution in [2.45, 2.75) is 6.04 Å². The lowest BCUT2D eigenvalue weighted by Crippen LogP contribution is -2.10. The van der Waals surface area contributed by atoms with Gasteiger partial charge in [0.2, 0.25) is 0 Å². The van der Waals surface area contributed by atoms with Crippen LogP contribution in [-0.2, 0) is 0 Å². The third kappa shape index (κ3) is 3.60. The lowest BCUT2D eigenvalue weighted by molar-refractivity contribution is 0.988. The minimum absolute atomic E-state index is 0.0103. The predicted molar refractivity (Wildman–Crippen MR) is 96.1 cm³/mol. The Bertz CT molecular complexity index is 743. The molecular formula is C14H9BrCl2N2S2. The highest BCUT2D eigenvalue weighted by atomic mass is 79.9. The Hall–Kier alpha value is -0.590. The van der Waals surface area contributed by atoms with Crippen LogP contribution in [0.15, 0.2) is 46.4 Å². The molecule has 0 fully saturated rings. The molecule has 1 atom stereocenters. The standard InChI is InChI=1S/C14H9BrCl2N2S2/c15-8-6-9(14(17)18-7-8)19-13(10-2-1-5-20-10)11-3-4-12(16)21-11/h1-7,13,19H. The Morgan fingerprint density at radius 3 is 2.71 bits per heavy atom. The van der Waals surface area contributed by atoms with Gasteiger partial charge in [-0.1, -0.05) is 29.3 Å². The molecule has 0 saturated heterocycles. The maximum Gasteiger partial charge on any atom is 0.152 e. The highest BCUT2D eigenvalue weighted by molar-refractivity contribution is 9.10. The van der Waals surface area contributed by atoms with Crippen LogP contribution in [0.5, 0.6) is 0 Å². The molecule has 3 aromatic heterocycles. The first-order valence-corrected chi connectivity index (χ1v) is 9.24. The second kappa shape index (κ2) is 6.67. The fourth-order valence-electron chi connectivity index (χ4n) is 1.90. The van der Waals surface area contributed by atoms with E-state index >= 15 is 0 Å². The first-order valence-electron chi connectivity index (χ1n) is 5.99. The number of anilines is 1. The Balaban J connectivity index is 1.98. The monoisotopic (exact) mass is 418 g/mol. The molecule has 0 aliphatic carbocycles. The summed E-state index contributed by atoms with van der Waals surface area (Å²) in [7, 11) is 0. The van der Waals surface area contributed by atoms with Gasteiger partial charge in [0.05, 0.1) is 16.1 Å². The van der Waals surface area contributed by atoms with Gasteiger partial charge in [0.15, 0.2) is 5.15 Å². The van der Waals surface area contributed by atoms with E-state index in [1.54, 1.807) is 28.9 Å². The van der Waals surface area contributed by atoms with E-state index in [0.717, 1.165) is 19.4 Å². The molecule has 3 aromatic rings. The first-order chi connectivity index (χ1) is 10.1. The van der Waals surface area contributed by atoms with Crippen molar-refractivity contribution >= 4 is 67.5 Å². The molecule has 3 rings (SSSR count). The Morgan fingerprint density at radius 1 is 1.19 bits per heavy atom. The molecule has 3 heterocycles. The molecule has 0 saturated carbocycles. The van der Waals surface area contributed by atoms with E-state index in [4.69, 9.17) is 23.2 Å². The second-order valence-electron chi connectivity index (χ2n) is 4.23. The number of nitrogens with zero attached hydrogens (tertiary/aromatic N) is 1. The van der Waals surface area contributed by atoms with Crippen molar-refractivity contribution in [3.8, 4) is 0 Å². The molecule has 1 unspecified atom stereocenters. The van der Waals surface area contributed by atoms with Gasteiger partial charge in [0, 0.05) is 20.4 Å². The molecule has 0 aromatic carbocycles. The van der Waals surface area contributed by atoms with Crippen LogP contribution in [0.1, 0.15) is 15.8 Å². The van der Waals surface area contributed by atoms with Gasteiger partial charge in [-0.2, -0.15) is 0 Å². The molecule has 1 N–H and O–H groups in total. The van der Waals surface area contributed by atoms with Crippen molar-refractivity contribution in [2.75, 3.05) is 5.32 Å². The summed E-state index contributed by atoms with van der Waals surface area (Å²) < 4.78 is 1.65. The number of aromatic nitrogens is 1. The third-order valence-electron chi connectivity index (χ3n) is 2.81. The van der Waals surface area contributed by atoms with Gasteiger partial charge in [-0.15, -0.1) is 22.7 Å². The van der Waals surface area contributed by atoms with Crippen LogP contribution in [0.25, 0.3) is 0 Å². The number of hydrogen-bond donors (Lipinski definition) is 1. The summed E-state index contributed by atoms with van der Waals surface area (Å²) in [6.45, 7) is 0. The fourth-order valence-corrected chi connectivity index (χ4v) is 4.39. The summed E-state index contributed by atoms with van der Waals surface area (Å²) in [5, 5.41) is 5.96. The average Bonchev–Trinajstić information content (AvgIpc) is 3.11. The predicted octanol–water partition coefficient (Wildman–Crippen LogP) is 6.48. The van der Waals surface area contributed by atoms with Gasteiger partial charge in [-0.05, 0) is 45.6 Å². The Labute approximate surface area is 148 Å². The van der Waals surface area contributed by atoms with Gasteiger partial charge >= 0.3 is 0 Å². The average molecular weight is 420 g/mol. The van der Waals surface area contributed by atoms with Crippen molar-refractivity contribution < 1.29 is 0 Å². The number of nitrogens with one attached hydrogen (secondary N) is 1. The van der Waals surface area contributed by atoms with E-state index in [0.29, 0.717) is 5.15 Å². The van der Waals surface area contributed by atoms with Crippen LogP contribution in [0.4, 0.5) is 5.69 Å². The summed E-state index contributed by atoms with van der Waals surface area (Å²) in [5.74, 6) is 0. The number of pyridine rings is 1.